The van der Waals surface area contributed by atoms with Crippen LogP contribution in [-0.2, 0) is 0 Å². The molecule has 0 saturated heterocycles. The number of nitrogens with two attached hydrogens (primary N) is 1. The molecule has 1 heteroatoms. The molecule has 0 aliphatic heterocycles. The van der Waals surface area contributed by atoms with Gasteiger partial charge in [-0.3, -0.25) is 0 Å². The van der Waals surface area contributed by atoms with Gasteiger partial charge in [0, 0.05) is 16.5 Å². The maximum atomic E-state index is 6.25. The zero-order valence-corrected chi connectivity index (χ0v) is 8.98. The third kappa shape index (κ3) is 1.33. The van der Waals surface area contributed by atoms with Crippen molar-refractivity contribution in [2.45, 2.75) is 6.42 Å². The van der Waals surface area contributed by atoms with Crippen molar-refractivity contribution >= 4 is 11.8 Å². The summed E-state index contributed by atoms with van der Waals surface area (Å²) in [5.41, 5.74) is 9.62. The molecule has 0 aromatic heterocycles. The lowest BCUT2D eigenvalue weighted by molar-refractivity contribution is 1.22. The molecule has 0 bridgehead atoms. The van der Waals surface area contributed by atoms with Crippen molar-refractivity contribution in [3.8, 4) is 0 Å². The average Bonchev–Trinajstić information content (AvgIpc) is 2.49. The van der Waals surface area contributed by atoms with Gasteiger partial charge >= 0.3 is 0 Å². The Morgan fingerprint density at radius 2 is 1.88 bits per heavy atom. The first kappa shape index (κ1) is 9.22. The maximum Gasteiger partial charge on any atom is 0.0470 e. The van der Waals surface area contributed by atoms with Crippen molar-refractivity contribution in [1.82, 2.24) is 0 Å². The molecule has 0 radical (unpaired) electrons. The predicted molar refractivity (Wildman–Crippen MR) is 67.7 cm³/mol. The summed E-state index contributed by atoms with van der Waals surface area (Å²) in [7, 11) is 0. The fraction of sp³-hybridized carbons (Fsp3) is 0.0667. The SMILES string of the molecule is NC1=c2ccccc2=CC=C2CC=CC=C21. The first-order chi connectivity index (χ1) is 7.86. The molecule has 1 nitrogen and oxygen atoms in total. The summed E-state index contributed by atoms with van der Waals surface area (Å²) < 4.78 is 0. The Morgan fingerprint density at radius 3 is 2.81 bits per heavy atom. The van der Waals surface area contributed by atoms with E-state index >= 15 is 0 Å². The second-order valence-electron chi connectivity index (χ2n) is 4.07. The van der Waals surface area contributed by atoms with Crippen LogP contribution in [0.3, 0.4) is 0 Å². The number of benzene rings is 1. The topological polar surface area (TPSA) is 26.0 Å². The highest BCUT2D eigenvalue weighted by molar-refractivity contribution is 5.74. The summed E-state index contributed by atoms with van der Waals surface area (Å²) >= 11 is 0. The number of fused-ring (bicyclic) bond motifs is 2. The summed E-state index contributed by atoms with van der Waals surface area (Å²) in [5, 5.41) is 2.33. The third-order valence-corrected chi connectivity index (χ3v) is 3.09. The van der Waals surface area contributed by atoms with Gasteiger partial charge in [0.1, 0.15) is 0 Å². The normalized spacial score (nSPS) is 17.6. The second-order valence-corrected chi connectivity index (χ2v) is 4.07. The van der Waals surface area contributed by atoms with Crippen molar-refractivity contribution in [2.24, 2.45) is 5.73 Å². The zero-order valence-electron chi connectivity index (χ0n) is 8.98. The molecule has 1 aromatic rings. The Labute approximate surface area is 94.6 Å². The molecular weight excluding hydrogens is 194 g/mol. The van der Waals surface area contributed by atoms with Gasteiger partial charge in [0.15, 0.2) is 0 Å². The summed E-state index contributed by atoms with van der Waals surface area (Å²) in [4.78, 5) is 0. The zero-order chi connectivity index (χ0) is 11.0. The second kappa shape index (κ2) is 3.53. The van der Waals surface area contributed by atoms with Crippen molar-refractivity contribution in [2.75, 3.05) is 0 Å². The molecule has 16 heavy (non-hydrogen) atoms. The molecule has 78 valence electrons. The van der Waals surface area contributed by atoms with Crippen LogP contribution < -0.4 is 16.2 Å². The van der Waals surface area contributed by atoms with E-state index < -0.39 is 0 Å². The van der Waals surface area contributed by atoms with E-state index in [2.05, 4.69) is 42.5 Å². The van der Waals surface area contributed by atoms with Crippen LogP contribution in [0.4, 0.5) is 0 Å². The first-order valence-corrected chi connectivity index (χ1v) is 5.49. The Balaban J connectivity index is 2.41. The summed E-state index contributed by atoms with van der Waals surface area (Å²) in [5.74, 6) is 0. The largest absolute Gasteiger partial charge is 0.398 e. The van der Waals surface area contributed by atoms with Crippen LogP contribution in [0.5, 0.6) is 0 Å². The monoisotopic (exact) mass is 207 g/mol. The molecule has 0 fully saturated rings. The van der Waals surface area contributed by atoms with Crippen LogP contribution in [0, 0.1) is 0 Å². The first-order valence-electron chi connectivity index (χ1n) is 5.49. The van der Waals surface area contributed by atoms with Crippen LogP contribution in [0.1, 0.15) is 6.42 Å². The van der Waals surface area contributed by atoms with E-state index in [0.29, 0.717) is 0 Å². The van der Waals surface area contributed by atoms with E-state index in [4.69, 9.17) is 5.73 Å². The number of hydrogen-bond acceptors (Lipinski definition) is 1. The van der Waals surface area contributed by atoms with E-state index in [0.717, 1.165) is 17.3 Å². The van der Waals surface area contributed by atoms with Gasteiger partial charge in [-0.2, -0.15) is 0 Å². The minimum Gasteiger partial charge on any atom is -0.398 e. The van der Waals surface area contributed by atoms with Crippen molar-refractivity contribution in [3.63, 3.8) is 0 Å². The minimum atomic E-state index is 0.889. The van der Waals surface area contributed by atoms with E-state index in [1.165, 1.54) is 16.4 Å². The van der Waals surface area contributed by atoms with E-state index in [1.54, 1.807) is 0 Å². The van der Waals surface area contributed by atoms with Gasteiger partial charge in [-0.25, -0.2) is 0 Å². The van der Waals surface area contributed by atoms with Gasteiger partial charge in [-0.1, -0.05) is 54.6 Å². The minimum absolute atomic E-state index is 0.889. The Hall–Kier alpha value is -2.02. The van der Waals surface area contributed by atoms with Gasteiger partial charge < -0.3 is 5.73 Å². The third-order valence-electron chi connectivity index (χ3n) is 3.09. The van der Waals surface area contributed by atoms with Crippen LogP contribution >= 0.6 is 0 Å². The molecule has 0 saturated carbocycles. The summed E-state index contributed by atoms with van der Waals surface area (Å²) in [6.45, 7) is 0. The standard InChI is InChI=1S/C15H13N/c16-15-13-7-3-1-5-11(13)9-10-12-6-2-4-8-14(12)15/h1-5,7-10H,6,16H2. The highest BCUT2D eigenvalue weighted by Crippen LogP contribution is 2.24. The smallest absolute Gasteiger partial charge is 0.0470 e. The fourth-order valence-corrected chi connectivity index (χ4v) is 2.22. The van der Waals surface area contributed by atoms with E-state index in [-0.39, 0.29) is 0 Å². The lowest BCUT2D eigenvalue weighted by Gasteiger charge is -2.12. The quantitative estimate of drug-likeness (QED) is 0.683. The molecule has 2 aliphatic rings. The van der Waals surface area contributed by atoms with Gasteiger partial charge in [0.05, 0.1) is 0 Å². The lowest BCUT2D eigenvalue weighted by Crippen LogP contribution is -2.29. The molecule has 0 spiro atoms. The summed E-state index contributed by atoms with van der Waals surface area (Å²) in [6, 6.07) is 8.26. The fourth-order valence-electron chi connectivity index (χ4n) is 2.22. The number of rotatable bonds is 0. The number of hydrogen-bond donors (Lipinski definition) is 1. The van der Waals surface area contributed by atoms with E-state index in [1.807, 2.05) is 12.1 Å². The van der Waals surface area contributed by atoms with E-state index in [9.17, 15) is 0 Å². The van der Waals surface area contributed by atoms with Crippen molar-refractivity contribution in [3.05, 3.63) is 70.2 Å². The van der Waals surface area contributed by atoms with Crippen molar-refractivity contribution < 1.29 is 0 Å². The van der Waals surface area contributed by atoms with Gasteiger partial charge in [0.2, 0.25) is 0 Å². The maximum absolute atomic E-state index is 6.25. The molecule has 1 aromatic carbocycles. The summed E-state index contributed by atoms with van der Waals surface area (Å²) in [6.07, 6.45) is 11.6. The number of allylic oxidation sites excluding steroid dienone is 4. The highest BCUT2D eigenvalue weighted by atomic mass is 14.6. The Kier molecular flexibility index (Phi) is 2.03. The van der Waals surface area contributed by atoms with Crippen LogP contribution in [0.15, 0.2) is 59.7 Å². The molecule has 0 amide bonds. The molecule has 0 heterocycles. The van der Waals surface area contributed by atoms with Crippen LogP contribution in [-0.4, -0.2) is 0 Å². The van der Waals surface area contributed by atoms with Gasteiger partial charge in [-0.15, -0.1) is 0 Å². The molecule has 0 unspecified atom stereocenters. The average molecular weight is 207 g/mol. The van der Waals surface area contributed by atoms with Crippen molar-refractivity contribution in [1.29, 1.82) is 0 Å². The van der Waals surface area contributed by atoms with Crippen LogP contribution in [0.25, 0.3) is 11.8 Å². The van der Waals surface area contributed by atoms with Gasteiger partial charge in [-0.05, 0) is 17.2 Å². The molecule has 2 aliphatic carbocycles. The lowest BCUT2D eigenvalue weighted by atomic mass is 9.95. The molecule has 2 N–H and O–H groups in total. The predicted octanol–water partition coefficient (Wildman–Crippen LogP) is 1.36. The van der Waals surface area contributed by atoms with Gasteiger partial charge in [0.25, 0.3) is 0 Å². The van der Waals surface area contributed by atoms with Crippen LogP contribution in [0.2, 0.25) is 0 Å². The molecule has 3 rings (SSSR count). The highest BCUT2D eigenvalue weighted by Gasteiger charge is 2.11. The Bertz CT molecular complexity index is 642. The molecule has 0 atom stereocenters. The Morgan fingerprint density at radius 1 is 1.00 bits per heavy atom. The molecular formula is C15H13N.